The van der Waals surface area contributed by atoms with Gasteiger partial charge in [0.15, 0.2) is 0 Å². The maximum Gasteiger partial charge on any atom is 0.238 e. The van der Waals surface area contributed by atoms with E-state index in [0.29, 0.717) is 17.9 Å². The molecule has 2 amide bonds. The molecule has 0 radical (unpaired) electrons. The predicted molar refractivity (Wildman–Crippen MR) is 80.4 cm³/mol. The molecule has 0 aliphatic rings. The number of anilines is 2. The van der Waals surface area contributed by atoms with Crippen molar-refractivity contribution in [3.05, 3.63) is 23.8 Å². The van der Waals surface area contributed by atoms with Crippen molar-refractivity contribution in [3.8, 4) is 0 Å². The van der Waals surface area contributed by atoms with E-state index in [1.54, 1.807) is 24.1 Å². The second-order valence-corrected chi connectivity index (χ2v) is 4.60. The zero-order valence-electron chi connectivity index (χ0n) is 12.2. The van der Waals surface area contributed by atoms with Crippen molar-refractivity contribution >= 4 is 23.2 Å². The average Bonchev–Trinajstić information content (AvgIpc) is 2.41. The average molecular weight is 278 g/mol. The molecule has 6 nitrogen and oxygen atoms in total. The summed E-state index contributed by atoms with van der Waals surface area (Å²) in [7, 11) is 1.57. The van der Waals surface area contributed by atoms with E-state index >= 15 is 0 Å². The van der Waals surface area contributed by atoms with Gasteiger partial charge in [0.2, 0.25) is 11.8 Å². The first-order valence-corrected chi connectivity index (χ1v) is 6.55. The zero-order valence-corrected chi connectivity index (χ0v) is 12.2. The molecule has 1 aromatic rings. The summed E-state index contributed by atoms with van der Waals surface area (Å²) < 4.78 is 0. The van der Waals surface area contributed by atoms with E-state index in [1.807, 2.05) is 19.9 Å². The molecule has 0 heterocycles. The number of benzene rings is 1. The third kappa shape index (κ3) is 4.89. The SMILES string of the molecule is CCN(CC(=O)NC)CC(=O)Nc1ccc(C)c(N)c1. The predicted octanol–water partition coefficient (Wildman–Crippen LogP) is 0.584. The molecule has 0 aliphatic carbocycles. The van der Waals surface area contributed by atoms with E-state index in [2.05, 4.69) is 10.6 Å². The van der Waals surface area contributed by atoms with Gasteiger partial charge in [-0.15, -0.1) is 0 Å². The summed E-state index contributed by atoms with van der Waals surface area (Å²) >= 11 is 0. The Morgan fingerprint density at radius 3 is 2.45 bits per heavy atom. The number of carbonyl (C=O) groups excluding carboxylic acids is 2. The van der Waals surface area contributed by atoms with Crippen molar-refractivity contribution in [3.63, 3.8) is 0 Å². The number of hydrogen-bond donors (Lipinski definition) is 3. The molecular weight excluding hydrogens is 256 g/mol. The van der Waals surface area contributed by atoms with E-state index in [0.717, 1.165) is 5.56 Å². The molecule has 6 heteroatoms. The highest BCUT2D eigenvalue weighted by Gasteiger charge is 2.12. The normalized spacial score (nSPS) is 10.4. The standard InChI is InChI=1S/C14H22N4O2/c1-4-18(8-13(19)16-3)9-14(20)17-11-6-5-10(2)12(15)7-11/h5-7H,4,8-9,15H2,1-3H3,(H,16,19)(H,17,20). The molecule has 0 spiro atoms. The summed E-state index contributed by atoms with van der Waals surface area (Å²) in [5.74, 6) is -0.279. The lowest BCUT2D eigenvalue weighted by molar-refractivity contribution is -0.123. The Labute approximate surface area is 119 Å². The lowest BCUT2D eigenvalue weighted by Gasteiger charge is -2.18. The fourth-order valence-corrected chi connectivity index (χ4v) is 1.68. The molecule has 0 aromatic heterocycles. The van der Waals surface area contributed by atoms with Gasteiger partial charge < -0.3 is 16.4 Å². The number of carbonyl (C=O) groups is 2. The molecule has 4 N–H and O–H groups in total. The van der Waals surface area contributed by atoms with Crippen molar-refractivity contribution in [2.45, 2.75) is 13.8 Å². The van der Waals surface area contributed by atoms with Crippen LogP contribution in [0.5, 0.6) is 0 Å². The molecule has 20 heavy (non-hydrogen) atoms. The number of hydrogen-bond acceptors (Lipinski definition) is 4. The molecule has 0 atom stereocenters. The van der Waals surface area contributed by atoms with Crippen LogP contribution in [0.1, 0.15) is 12.5 Å². The lowest BCUT2D eigenvalue weighted by Crippen LogP contribution is -2.40. The fraction of sp³-hybridized carbons (Fsp3) is 0.429. The molecule has 0 fully saturated rings. The van der Waals surface area contributed by atoms with Crippen LogP contribution in [0.4, 0.5) is 11.4 Å². The Hall–Kier alpha value is -2.08. The Morgan fingerprint density at radius 1 is 1.25 bits per heavy atom. The van der Waals surface area contributed by atoms with Gasteiger partial charge in [-0.1, -0.05) is 13.0 Å². The van der Waals surface area contributed by atoms with Crippen molar-refractivity contribution in [1.82, 2.24) is 10.2 Å². The smallest absolute Gasteiger partial charge is 0.238 e. The summed E-state index contributed by atoms with van der Waals surface area (Å²) in [6, 6.07) is 5.38. The van der Waals surface area contributed by atoms with Gasteiger partial charge in [0, 0.05) is 18.4 Å². The number of aryl methyl sites for hydroxylation is 1. The first-order chi connectivity index (χ1) is 9.46. The fourth-order valence-electron chi connectivity index (χ4n) is 1.68. The zero-order chi connectivity index (χ0) is 15.1. The molecule has 1 aromatic carbocycles. The van der Waals surface area contributed by atoms with Crippen LogP contribution >= 0.6 is 0 Å². The third-order valence-corrected chi connectivity index (χ3v) is 3.02. The summed E-state index contributed by atoms with van der Waals surface area (Å²) in [5.41, 5.74) is 8.06. The van der Waals surface area contributed by atoms with Crippen LogP contribution < -0.4 is 16.4 Å². The Bertz CT molecular complexity index is 488. The van der Waals surface area contributed by atoms with E-state index < -0.39 is 0 Å². The minimum Gasteiger partial charge on any atom is -0.398 e. The van der Waals surface area contributed by atoms with Crippen LogP contribution in [-0.4, -0.2) is 43.4 Å². The molecule has 0 bridgehead atoms. The van der Waals surface area contributed by atoms with Gasteiger partial charge in [-0.2, -0.15) is 0 Å². The summed E-state index contributed by atoms with van der Waals surface area (Å²) in [4.78, 5) is 25.0. The van der Waals surface area contributed by atoms with Gasteiger partial charge in [-0.25, -0.2) is 0 Å². The number of amides is 2. The first kappa shape index (κ1) is 16.0. The molecule has 0 saturated carbocycles. The minimum atomic E-state index is -0.168. The number of rotatable bonds is 6. The molecule has 0 aliphatic heterocycles. The van der Waals surface area contributed by atoms with E-state index in [1.165, 1.54) is 0 Å². The van der Waals surface area contributed by atoms with E-state index in [9.17, 15) is 9.59 Å². The summed E-state index contributed by atoms with van der Waals surface area (Å²) in [6.45, 7) is 4.80. The van der Waals surface area contributed by atoms with Gasteiger partial charge in [-0.3, -0.25) is 14.5 Å². The number of nitrogen functional groups attached to an aromatic ring is 1. The van der Waals surface area contributed by atoms with E-state index in [-0.39, 0.29) is 24.9 Å². The third-order valence-electron chi connectivity index (χ3n) is 3.02. The van der Waals surface area contributed by atoms with Gasteiger partial charge in [-0.05, 0) is 31.2 Å². The molecular formula is C14H22N4O2. The number of nitrogens with zero attached hydrogens (tertiary/aromatic N) is 1. The highest BCUT2D eigenvalue weighted by Crippen LogP contribution is 2.16. The van der Waals surface area contributed by atoms with Crippen LogP contribution in [0, 0.1) is 6.92 Å². The molecule has 110 valence electrons. The van der Waals surface area contributed by atoms with Crippen LogP contribution in [0.2, 0.25) is 0 Å². The van der Waals surface area contributed by atoms with Crippen LogP contribution in [0.15, 0.2) is 18.2 Å². The van der Waals surface area contributed by atoms with Crippen molar-refractivity contribution in [2.75, 3.05) is 37.7 Å². The topological polar surface area (TPSA) is 87.5 Å². The lowest BCUT2D eigenvalue weighted by atomic mass is 10.2. The highest BCUT2D eigenvalue weighted by atomic mass is 16.2. The monoisotopic (exact) mass is 278 g/mol. The van der Waals surface area contributed by atoms with Gasteiger partial charge >= 0.3 is 0 Å². The Balaban J connectivity index is 2.57. The van der Waals surface area contributed by atoms with Crippen molar-refractivity contribution < 1.29 is 9.59 Å². The second-order valence-electron chi connectivity index (χ2n) is 4.60. The Kier molecular flexibility index (Phi) is 5.99. The van der Waals surface area contributed by atoms with Gasteiger partial charge in [0.05, 0.1) is 13.1 Å². The number of nitrogens with two attached hydrogens (primary N) is 1. The maximum absolute atomic E-state index is 11.9. The largest absolute Gasteiger partial charge is 0.398 e. The minimum absolute atomic E-state index is 0.112. The number of likely N-dealkylation sites (N-methyl/N-ethyl adjacent to an activating group) is 2. The highest BCUT2D eigenvalue weighted by molar-refractivity contribution is 5.93. The second kappa shape index (κ2) is 7.49. The summed E-state index contributed by atoms with van der Waals surface area (Å²) in [6.07, 6.45) is 0. The van der Waals surface area contributed by atoms with Gasteiger partial charge in [0.25, 0.3) is 0 Å². The molecule has 1 rings (SSSR count). The van der Waals surface area contributed by atoms with Crippen LogP contribution in [0.25, 0.3) is 0 Å². The number of nitrogens with one attached hydrogen (secondary N) is 2. The first-order valence-electron chi connectivity index (χ1n) is 6.55. The quantitative estimate of drug-likeness (QED) is 0.664. The van der Waals surface area contributed by atoms with Crippen molar-refractivity contribution in [1.29, 1.82) is 0 Å². The maximum atomic E-state index is 11.9. The summed E-state index contributed by atoms with van der Waals surface area (Å²) in [5, 5.41) is 5.31. The van der Waals surface area contributed by atoms with Crippen LogP contribution in [-0.2, 0) is 9.59 Å². The Morgan fingerprint density at radius 2 is 1.90 bits per heavy atom. The van der Waals surface area contributed by atoms with E-state index in [4.69, 9.17) is 5.73 Å². The molecule has 0 unspecified atom stereocenters. The molecule has 0 saturated heterocycles. The van der Waals surface area contributed by atoms with Crippen molar-refractivity contribution in [2.24, 2.45) is 0 Å². The van der Waals surface area contributed by atoms with Gasteiger partial charge in [0.1, 0.15) is 0 Å². The van der Waals surface area contributed by atoms with Crippen LogP contribution in [0.3, 0.4) is 0 Å².